The monoisotopic (exact) mass is 339 g/mol. The lowest BCUT2D eigenvalue weighted by atomic mass is 10.1. The standard InChI is InChI=1S/C15H19BrFN3/c1-15(2,3)18-7-12-8-19-20(10-12)9-11-4-5-14(17)13(16)6-11/h4-6,8,10,18H,7,9H2,1-3H3. The molecule has 0 aliphatic carbocycles. The smallest absolute Gasteiger partial charge is 0.137 e. The molecule has 1 N–H and O–H groups in total. The summed E-state index contributed by atoms with van der Waals surface area (Å²) in [4.78, 5) is 0. The first-order chi connectivity index (χ1) is 9.33. The highest BCUT2D eigenvalue weighted by Crippen LogP contribution is 2.17. The highest BCUT2D eigenvalue weighted by atomic mass is 79.9. The number of aromatic nitrogens is 2. The van der Waals surface area contributed by atoms with E-state index in [1.807, 2.05) is 17.1 Å². The second-order valence-corrected chi connectivity index (χ2v) is 6.75. The molecule has 0 spiro atoms. The molecule has 0 bridgehead atoms. The first kappa shape index (κ1) is 15.2. The lowest BCUT2D eigenvalue weighted by Gasteiger charge is -2.19. The lowest BCUT2D eigenvalue weighted by molar-refractivity contribution is 0.424. The van der Waals surface area contributed by atoms with E-state index in [4.69, 9.17) is 0 Å². The molecular formula is C15H19BrFN3. The normalized spacial score (nSPS) is 11.8. The lowest BCUT2D eigenvalue weighted by Crippen LogP contribution is -2.34. The van der Waals surface area contributed by atoms with Crippen LogP contribution in [0.15, 0.2) is 35.1 Å². The van der Waals surface area contributed by atoms with Crippen LogP contribution in [0.5, 0.6) is 0 Å². The Kier molecular flexibility index (Phi) is 4.60. The molecule has 1 aromatic carbocycles. The van der Waals surface area contributed by atoms with Gasteiger partial charge in [-0.05, 0) is 54.4 Å². The van der Waals surface area contributed by atoms with Crippen molar-refractivity contribution in [2.75, 3.05) is 0 Å². The maximum atomic E-state index is 13.2. The Balaban J connectivity index is 2.00. The fourth-order valence-electron chi connectivity index (χ4n) is 1.78. The van der Waals surface area contributed by atoms with Crippen molar-refractivity contribution in [2.45, 2.75) is 39.4 Å². The number of nitrogens with one attached hydrogen (secondary N) is 1. The zero-order valence-corrected chi connectivity index (χ0v) is 13.5. The Morgan fingerprint density at radius 3 is 2.70 bits per heavy atom. The molecule has 5 heteroatoms. The van der Waals surface area contributed by atoms with E-state index in [0.717, 1.165) is 17.7 Å². The van der Waals surface area contributed by atoms with Crippen molar-refractivity contribution in [1.29, 1.82) is 0 Å². The molecule has 0 saturated heterocycles. The second kappa shape index (κ2) is 6.06. The van der Waals surface area contributed by atoms with Crippen LogP contribution in [0.4, 0.5) is 4.39 Å². The first-order valence-electron chi connectivity index (χ1n) is 6.54. The van der Waals surface area contributed by atoms with Crippen molar-refractivity contribution >= 4 is 15.9 Å². The number of nitrogens with zero attached hydrogens (tertiary/aromatic N) is 2. The SMILES string of the molecule is CC(C)(C)NCc1cnn(Cc2ccc(F)c(Br)c2)c1. The Labute approximate surface area is 127 Å². The molecule has 2 aromatic rings. The van der Waals surface area contributed by atoms with Gasteiger partial charge in [-0.2, -0.15) is 5.10 Å². The minimum Gasteiger partial charge on any atom is -0.308 e. The summed E-state index contributed by atoms with van der Waals surface area (Å²) < 4.78 is 15.5. The Hall–Kier alpha value is -1.20. The van der Waals surface area contributed by atoms with Crippen molar-refractivity contribution < 1.29 is 4.39 Å². The van der Waals surface area contributed by atoms with Crippen LogP contribution in [0.25, 0.3) is 0 Å². The zero-order valence-electron chi connectivity index (χ0n) is 12.0. The van der Waals surface area contributed by atoms with E-state index in [1.54, 1.807) is 12.1 Å². The Morgan fingerprint density at radius 2 is 2.05 bits per heavy atom. The summed E-state index contributed by atoms with van der Waals surface area (Å²) in [5.41, 5.74) is 2.24. The molecule has 3 nitrogen and oxygen atoms in total. The van der Waals surface area contributed by atoms with E-state index in [-0.39, 0.29) is 11.4 Å². The molecule has 1 heterocycles. The molecule has 0 aliphatic rings. The highest BCUT2D eigenvalue weighted by Gasteiger charge is 2.09. The summed E-state index contributed by atoms with van der Waals surface area (Å²) in [5, 5.41) is 7.75. The van der Waals surface area contributed by atoms with Crippen LogP contribution in [-0.4, -0.2) is 15.3 Å². The number of benzene rings is 1. The summed E-state index contributed by atoms with van der Waals surface area (Å²) >= 11 is 3.20. The van der Waals surface area contributed by atoms with Gasteiger partial charge in [0.25, 0.3) is 0 Å². The minimum atomic E-state index is -0.246. The van der Waals surface area contributed by atoms with Gasteiger partial charge in [0.15, 0.2) is 0 Å². The third kappa shape index (κ3) is 4.42. The van der Waals surface area contributed by atoms with E-state index in [1.165, 1.54) is 6.07 Å². The van der Waals surface area contributed by atoms with Crippen molar-refractivity contribution in [2.24, 2.45) is 0 Å². The predicted octanol–water partition coefficient (Wildman–Crippen LogP) is 3.72. The summed E-state index contributed by atoms with van der Waals surface area (Å²) in [5.74, 6) is -0.246. The molecule has 108 valence electrons. The number of halogens is 2. The molecule has 0 saturated carbocycles. The van der Waals surface area contributed by atoms with Crippen molar-refractivity contribution in [3.8, 4) is 0 Å². The quantitative estimate of drug-likeness (QED) is 0.919. The van der Waals surface area contributed by atoms with Gasteiger partial charge in [0, 0.05) is 23.8 Å². The fourth-order valence-corrected chi connectivity index (χ4v) is 2.20. The molecule has 0 aliphatic heterocycles. The average Bonchev–Trinajstić information content (AvgIpc) is 2.78. The molecule has 0 fully saturated rings. The predicted molar refractivity (Wildman–Crippen MR) is 82.0 cm³/mol. The molecule has 0 atom stereocenters. The van der Waals surface area contributed by atoms with E-state index >= 15 is 0 Å². The second-order valence-electron chi connectivity index (χ2n) is 5.90. The van der Waals surface area contributed by atoms with Gasteiger partial charge in [0.05, 0.1) is 17.2 Å². The number of rotatable bonds is 4. The third-order valence-electron chi connectivity index (χ3n) is 2.84. The van der Waals surface area contributed by atoms with Gasteiger partial charge < -0.3 is 5.32 Å². The van der Waals surface area contributed by atoms with Crippen LogP contribution in [-0.2, 0) is 13.1 Å². The van der Waals surface area contributed by atoms with Crippen LogP contribution in [0, 0.1) is 5.82 Å². The van der Waals surface area contributed by atoms with Gasteiger partial charge >= 0.3 is 0 Å². The summed E-state index contributed by atoms with van der Waals surface area (Å²) in [7, 11) is 0. The van der Waals surface area contributed by atoms with Gasteiger partial charge in [-0.25, -0.2) is 4.39 Å². The topological polar surface area (TPSA) is 29.9 Å². The third-order valence-corrected chi connectivity index (χ3v) is 3.45. The van der Waals surface area contributed by atoms with Crippen molar-refractivity contribution in [3.63, 3.8) is 0 Å². The fraction of sp³-hybridized carbons (Fsp3) is 0.400. The minimum absolute atomic E-state index is 0.0872. The first-order valence-corrected chi connectivity index (χ1v) is 7.33. The van der Waals surface area contributed by atoms with Crippen molar-refractivity contribution in [1.82, 2.24) is 15.1 Å². The van der Waals surface area contributed by atoms with E-state index in [2.05, 4.69) is 47.1 Å². The summed E-state index contributed by atoms with van der Waals surface area (Å²) in [6.07, 6.45) is 3.87. The molecule has 0 radical (unpaired) electrons. The Morgan fingerprint density at radius 1 is 1.30 bits per heavy atom. The van der Waals surface area contributed by atoms with Gasteiger partial charge in [0.2, 0.25) is 0 Å². The van der Waals surface area contributed by atoms with Gasteiger partial charge in [-0.3, -0.25) is 4.68 Å². The molecular weight excluding hydrogens is 321 g/mol. The number of hydrogen-bond donors (Lipinski definition) is 1. The van der Waals surface area contributed by atoms with Crippen LogP contribution < -0.4 is 5.32 Å². The maximum absolute atomic E-state index is 13.2. The van der Waals surface area contributed by atoms with E-state index in [9.17, 15) is 4.39 Å². The summed E-state index contributed by atoms with van der Waals surface area (Å²) in [6, 6.07) is 5.02. The van der Waals surface area contributed by atoms with Crippen LogP contribution in [0.3, 0.4) is 0 Å². The average molecular weight is 340 g/mol. The number of hydrogen-bond acceptors (Lipinski definition) is 2. The van der Waals surface area contributed by atoms with Crippen molar-refractivity contribution in [3.05, 3.63) is 52.0 Å². The maximum Gasteiger partial charge on any atom is 0.137 e. The highest BCUT2D eigenvalue weighted by molar-refractivity contribution is 9.10. The summed E-state index contributed by atoms with van der Waals surface area (Å²) in [6.45, 7) is 7.82. The molecule has 2 rings (SSSR count). The largest absolute Gasteiger partial charge is 0.308 e. The van der Waals surface area contributed by atoms with Gasteiger partial charge in [0.1, 0.15) is 5.82 Å². The zero-order chi connectivity index (χ0) is 14.8. The van der Waals surface area contributed by atoms with Crippen LogP contribution >= 0.6 is 15.9 Å². The molecule has 1 aromatic heterocycles. The molecule has 0 amide bonds. The van der Waals surface area contributed by atoms with Crippen LogP contribution in [0.1, 0.15) is 31.9 Å². The van der Waals surface area contributed by atoms with E-state index in [0.29, 0.717) is 11.0 Å². The molecule has 20 heavy (non-hydrogen) atoms. The Bertz CT molecular complexity index is 587. The van der Waals surface area contributed by atoms with Gasteiger partial charge in [-0.15, -0.1) is 0 Å². The van der Waals surface area contributed by atoms with E-state index < -0.39 is 0 Å². The van der Waals surface area contributed by atoms with Gasteiger partial charge in [-0.1, -0.05) is 6.07 Å². The molecule has 0 unspecified atom stereocenters. The van der Waals surface area contributed by atoms with Crippen LogP contribution in [0.2, 0.25) is 0 Å².